The molecule has 5 N–H and O–H groups in total. The van der Waals surface area contributed by atoms with Crippen molar-refractivity contribution in [3.63, 3.8) is 0 Å². The van der Waals surface area contributed by atoms with Crippen LogP contribution in [-0.2, 0) is 0 Å². The molecule has 82 valence electrons. The first-order valence-electron chi connectivity index (χ1n) is 4.68. The predicted molar refractivity (Wildman–Crippen MR) is 61.9 cm³/mol. The number of carbonyl (C=O) groups excluding carboxylic acids is 1. The van der Waals surface area contributed by atoms with E-state index in [1.165, 1.54) is 0 Å². The Balaban J connectivity index is 2.62. The molecule has 0 heterocycles. The van der Waals surface area contributed by atoms with Crippen molar-refractivity contribution >= 4 is 23.2 Å². The molecule has 0 aliphatic carbocycles. The van der Waals surface area contributed by atoms with Crippen molar-refractivity contribution in [3.05, 3.63) is 28.8 Å². The zero-order valence-electron chi connectivity index (χ0n) is 8.29. The highest BCUT2D eigenvalue weighted by atomic mass is 35.5. The molecule has 1 rings (SSSR count). The summed E-state index contributed by atoms with van der Waals surface area (Å²) in [5.74, 6) is -0.160. The van der Waals surface area contributed by atoms with E-state index in [9.17, 15) is 4.79 Å². The highest BCUT2D eigenvalue weighted by Gasteiger charge is 2.06. The number of hydrogen-bond donors (Lipinski definition) is 3. The summed E-state index contributed by atoms with van der Waals surface area (Å²) in [4.78, 5) is 11.5. The SMILES string of the molecule is NCCCNC(=O)c1ccc(Cl)c(N)c1. The van der Waals surface area contributed by atoms with Gasteiger partial charge < -0.3 is 16.8 Å². The molecule has 0 spiro atoms. The maximum atomic E-state index is 11.5. The van der Waals surface area contributed by atoms with Gasteiger partial charge in [0.1, 0.15) is 0 Å². The first-order chi connectivity index (χ1) is 7.15. The highest BCUT2D eigenvalue weighted by Crippen LogP contribution is 2.19. The molecule has 1 aromatic carbocycles. The van der Waals surface area contributed by atoms with Crippen LogP contribution < -0.4 is 16.8 Å². The van der Waals surface area contributed by atoms with Gasteiger partial charge in [0, 0.05) is 12.1 Å². The van der Waals surface area contributed by atoms with Crippen LogP contribution in [-0.4, -0.2) is 19.0 Å². The van der Waals surface area contributed by atoms with Gasteiger partial charge in [-0.3, -0.25) is 4.79 Å². The van der Waals surface area contributed by atoms with Crippen LogP contribution in [0.15, 0.2) is 18.2 Å². The summed E-state index contributed by atoms with van der Waals surface area (Å²) in [5, 5.41) is 3.18. The zero-order valence-corrected chi connectivity index (χ0v) is 9.05. The lowest BCUT2D eigenvalue weighted by atomic mass is 10.2. The number of benzene rings is 1. The molecule has 0 saturated heterocycles. The molecule has 0 radical (unpaired) electrons. The molecule has 0 bridgehead atoms. The Bertz CT molecular complexity index is 355. The molecule has 1 amide bonds. The Morgan fingerprint density at radius 1 is 1.47 bits per heavy atom. The van der Waals surface area contributed by atoms with Gasteiger partial charge in [0.15, 0.2) is 0 Å². The minimum atomic E-state index is -0.160. The van der Waals surface area contributed by atoms with Crippen molar-refractivity contribution in [1.82, 2.24) is 5.32 Å². The van der Waals surface area contributed by atoms with E-state index in [0.717, 1.165) is 6.42 Å². The second-order valence-corrected chi connectivity index (χ2v) is 3.54. The standard InChI is InChI=1S/C10H14ClN3O/c11-8-3-2-7(6-9(8)13)10(15)14-5-1-4-12/h2-3,6H,1,4-5,12-13H2,(H,14,15). The van der Waals surface area contributed by atoms with Crippen molar-refractivity contribution in [2.24, 2.45) is 5.73 Å². The molecule has 0 saturated carbocycles. The van der Waals surface area contributed by atoms with Crippen LogP contribution in [0.25, 0.3) is 0 Å². The van der Waals surface area contributed by atoms with Crippen LogP contribution in [0, 0.1) is 0 Å². The smallest absolute Gasteiger partial charge is 0.251 e. The maximum Gasteiger partial charge on any atom is 0.251 e. The Morgan fingerprint density at radius 2 is 2.20 bits per heavy atom. The van der Waals surface area contributed by atoms with E-state index in [2.05, 4.69) is 5.32 Å². The Hall–Kier alpha value is -1.26. The third-order valence-corrected chi connectivity index (χ3v) is 2.27. The first kappa shape index (κ1) is 11.8. The van der Waals surface area contributed by atoms with Crippen LogP contribution in [0.2, 0.25) is 5.02 Å². The van der Waals surface area contributed by atoms with Crippen molar-refractivity contribution in [1.29, 1.82) is 0 Å². The summed E-state index contributed by atoms with van der Waals surface area (Å²) < 4.78 is 0. The number of anilines is 1. The van der Waals surface area contributed by atoms with Crippen LogP contribution >= 0.6 is 11.6 Å². The van der Waals surface area contributed by atoms with E-state index in [0.29, 0.717) is 29.4 Å². The quantitative estimate of drug-likeness (QED) is 0.530. The molecule has 1 aromatic rings. The third-order valence-electron chi connectivity index (χ3n) is 1.92. The van der Waals surface area contributed by atoms with Gasteiger partial charge in [0.05, 0.1) is 10.7 Å². The highest BCUT2D eigenvalue weighted by molar-refractivity contribution is 6.33. The maximum absolute atomic E-state index is 11.5. The van der Waals surface area contributed by atoms with Gasteiger partial charge in [0.25, 0.3) is 5.91 Å². The Labute approximate surface area is 93.6 Å². The van der Waals surface area contributed by atoms with Crippen molar-refractivity contribution in [3.8, 4) is 0 Å². The van der Waals surface area contributed by atoms with Crippen LogP contribution in [0.1, 0.15) is 16.8 Å². The fourth-order valence-electron chi connectivity index (χ4n) is 1.09. The predicted octanol–water partition coefficient (Wildman–Crippen LogP) is 1.00. The average molecular weight is 228 g/mol. The molecule has 0 unspecified atom stereocenters. The number of nitrogen functional groups attached to an aromatic ring is 1. The zero-order chi connectivity index (χ0) is 11.3. The lowest BCUT2D eigenvalue weighted by molar-refractivity contribution is 0.0953. The minimum absolute atomic E-state index is 0.160. The second-order valence-electron chi connectivity index (χ2n) is 3.13. The van der Waals surface area contributed by atoms with Gasteiger partial charge in [-0.25, -0.2) is 0 Å². The van der Waals surface area contributed by atoms with Crippen LogP contribution in [0.3, 0.4) is 0 Å². The summed E-state index contributed by atoms with van der Waals surface area (Å²) in [6.45, 7) is 1.13. The molecule has 15 heavy (non-hydrogen) atoms. The van der Waals surface area contributed by atoms with Crippen molar-refractivity contribution in [2.75, 3.05) is 18.8 Å². The Morgan fingerprint density at radius 3 is 2.80 bits per heavy atom. The third kappa shape index (κ3) is 3.42. The lowest BCUT2D eigenvalue weighted by Crippen LogP contribution is -2.25. The molecular formula is C10H14ClN3O. The number of rotatable bonds is 4. The number of amides is 1. The molecule has 0 atom stereocenters. The Kier molecular flexibility index (Phi) is 4.39. The van der Waals surface area contributed by atoms with E-state index >= 15 is 0 Å². The topological polar surface area (TPSA) is 81.1 Å². The summed E-state index contributed by atoms with van der Waals surface area (Å²) in [6, 6.07) is 4.80. The molecule has 0 aliphatic heterocycles. The van der Waals surface area contributed by atoms with Gasteiger partial charge in [-0.1, -0.05) is 11.6 Å². The molecule has 0 aliphatic rings. The van der Waals surface area contributed by atoms with Gasteiger partial charge in [-0.05, 0) is 31.2 Å². The van der Waals surface area contributed by atoms with Gasteiger partial charge in [-0.15, -0.1) is 0 Å². The molecule has 5 heteroatoms. The summed E-state index contributed by atoms with van der Waals surface area (Å²) in [7, 11) is 0. The molecular weight excluding hydrogens is 214 g/mol. The van der Waals surface area contributed by atoms with E-state index in [4.69, 9.17) is 23.1 Å². The minimum Gasteiger partial charge on any atom is -0.398 e. The number of nitrogens with two attached hydrogens (primary N) is 2. The summed E-state index contributed by atoms with van der Waals surface area (Å²) >= 11 is 5.74. The number of nitrogens with one attached hydrogen (secondary N) is 1. The van der Waals surface area contributed by atoms with Crippen molar-refractivity contribution in [2.45, 2.75) is 6.42 Å². The fraction of sp³-hybridized carbons (Fsp3) is 0.300. The number of halogens is 1. The van der Waals surface area contributed by atoms with Gasteiger partial charge >= 0.3 is 0 Å². The monoisotopic (exact) mass is 227 g/mol. The van der Waals surface area contributed by atoms with Crippen LogP contribution in [0.5, 0.6) is 0 Å². The summed E-state index contributed by atoms with van der Waals surface area (Å²) in [5.41, 5.74) is 11.8. The molecule has 0 fully saturated rings. The largest absolute Gasteiger partial charge is 0.398 e. The summed E-state index contributed by atoms with van der Waals surface area (Å²) in [6.07, 6.45) is 0.759. The number of hydrogen-bond acceptors (Lipinski definition) is 3. The van der Waals surface area contributed by atoms with Gasteiger partial charge in [-0.2, -0.15) is 0 Å². The molecule has 0 aromatic heterocycles. The van der Waals surface area contributed by atoms with Crippen molar-refractivity contribution < 1.29 is 4.79 Å². The second kappa shape index (κ2) is 5.58. The van der Waals surface area contributed by atoms with E-state index in [1.807, 2.05) is 0 Å². The van der Waals surface area contributed by atoms with Gasteiger partial charge in [0.2, 0.25) is 0 Å². The normalized spacial score (nSPS) is 10.0. The van der Waals surface area contributed by atoms with E-state index in [-0.39, 0.29) is 5.91 Å². The average Bonchev–Trinajstić information content (AvgIpc) is 2.22. The molecule has 4 nitrogen and oxygen atoms in total. The van der Waals surface area contributed by atoms with Crippen LogP contribution in [0.4, 0.5) is 5.69 Å². The van der Waals surface area contributed by atoms with E-state index in [1.54, 1.807) is 18.2 Å². The lowest BCUT2D eigenvalue weighted by Gasteiger charge is -2.05. The van der Waals surface area contributed by atoms with E-state index < -0.39 is 0 Å². The number of carbonyl (C=O) groups is 1. The fourth-order valence-corrected chi connectivity index (χ4v) is 1.21. The first-order valence-corrected chi connectivity index (χ1v) is 5.06.